The third kappa shape index (κ3) is 2.84. The maximum absolute atomic E-state index is 10.7. The second-order valence-electron chi connectivity index (χ2n) is 4.42. The van der Waals surface area contributed by atoms with E-state index in [2.05, 4.69) is 21.2 Å². The molecule has 0 bridgehead atoms. The maximum atomic E-state index is 10.7. The Morgan fingerprint density at radius 2 is 2.38 bits per heavy atom. The standard InChI is InChI=1S/C11H16BrN3O/c12-11(13)9-6-15(7-16)4-3-10(9)14-5-8-1-2-8/h7-8,13-14H,1-6H2. The average molecular weight is 286 g/mol. The highest BCUT2D eigenvalue weighted by molar-refractivity contribution is 9.18. The van der Waals surface area contributed by atoms with Gasteiger partial charge in [-0.05, 0) is 34.7 Å². The van der Waals surface area contributed by atoms with Crippen LogP contribution in [-0.4, -0.2) is 35.6 Å². The van der Waals surface area contributed by atoms with Gasteiger partial charge in [0.1, 0.15) is 4.62 Å². The van der Waals surface area contributed by atoms with Gasteiger partial charge in [-0.15, -0.1) is 0 Å². The average Bonchev–Trinajstić information content (AvgIpc) is 3.09. The summed E-state index contributed by atoms with van der Waals surface area (Å²) in [4.78, 5) is 12.4. The summed E-state index contributed by atoms with van der Waals surface area (Å²) in [7, 11) is 0. The lowest BCUT2D eigenvalue weighted by Gasteiger charge is -2.28. The summed E-state index contributed by atoms with van der Waals surface area (Å²) in [6, 6.07) is 0. The molecule has 0 aromatic carbocycles. The van der Waals surface area contributed by atoms with Crippen LogP contribution in [0.3, 0.4) is 0 Å². The molecule has 88 valence electrons. The van der Waals surface area contributed by atoms with Gasteiger partial charge in [0.2, 0.25) is 6.41 Å². The third-order valence-electron chi connectivity index (χ3n) is 3.09. The summed E-state index contributed by atoms with van der Waals surface area (Å²) >= 11 is 3.20. The van der Waals surface area contributed by atoms with Gasteiger partial charge in [0.05, 0.1) is 0 Å². The number of carbonyl (C=O) groups is 1. The van der Waals surface area contributed by atoms with Crippen LogP contribution < -0.4 is 5.32 Å². The van der Waals surface area contributed by atoms with E-state index in [-0.39, 0.29) is 0 Å². The molecule has 0 aromatic rings. The van der Waals surface area contributed by atoms with Gasteiger partial charge in [0.25, 0.3) is 0 Å². The number of nitrogens with zero attached hydrogens (tertiary/aromatic N) is 1. The summed E-state index contributed by atoms with van der Waals surface area (Å²) in [6.07, 6.45) is 4.33. The first-order valence-electron chi connectivity index (χ1n) is 5.60. The maximum Gasteiger partial charge on any atom is 0.210 e. The van der Waals surface area contributed by atoms with Crippen molar-refractivity contribution in [2.75, 3.05) is 19.6 Å². The normalized spacial score (nSPS) is 20.9. The minimum absolute atomic E-state index is 0.386. The van der Waals surface area contributed by atoms with Crippen LogP contribution in [0.1, 0.15) is 19.3 Å². The monoisotopic (exact) mass is 285 g/mol. The van der Waals surface area contributed by atoms with Crippen molar-refractivity contribution in [2.45, 2.75) is 19.3 Å². The fourth-order valence-electron chi connectivity index (χ4n) is 1.86. The highest BCUT2D eigenvalue weighted by Gasteiger charge is 2.24. The second-order valence-corrected chi connectivity index (χ2v) is 5.21. The molecular weight excluding hydrogens is 270 g/mol. The number of hydrogen-bond acceptors (Lipinski definition) is 3. The van der Waals surface area contributed by atoms with E-state index in [9.17, 15) is 4.79 Å². The lowest BCUT2D eigenvalue weighted by atomic mass is 10.1. The molecule has 5 heteroatoms. The minimum Gasteiger partial charge on any atom is -0.388 e. The van der Waals surface area contributed by atoms with Crippen molar-refractivity contribution in [1.29, 1.82) is 5.41 Å². The zero-order valence-corrected chi connectivity index (χ0v) is 10.7. The molecule has 0 aromatic heterocycles. The molecule has 2 rings (SSSR count). The Kier molecular flexibility index (Phi) is 3.63. The highest BCUT2D eigenvalue weighted by atomic mass is 79.9. The summed E-state index contributed by atoms with van der Waals surface area (Å²) in [5.41, 5.74) is 2.05. The van der Waals surface area contributed by atoms with Gasteiger partial charge >= 0.3 is 0 Å². The van der Waals surface area contributed by atoms with Gasteiger partial charge in [0, 0.05) is 37.3 Å². The van der Waals surface area contributed by atoms with Crippen molar-refractivity contribution >= 4 is 27.0 Å². The topological polar surface area (TPSA) is 56.2 Å². The first-order chi connectivity index (χ1) is 7.70. The molecule has 0 saturated heterocycles. The van der Waals surface area contributed by atoms with Crippen LogP contribution in [0.25, 0.3) is 0 Å². The van der Waals surface area contributed by atoms with E-state index in [0.29, 0.717) is 11.2 Å². The Hall–Kier alpha value is -0.840. The SMILES string of the molecule is N=C(Br)C1=C(NCC2CC2)CCN(C=O)C1. The van der Waals surface area contributed by atoms with E-state index in [1.807, 2.05) is 0 Å². The van der Waals surface area contributed by atoms with Gasteiger partial charge in [-0.3, -0.25) is 10.2 Å². The molecule has 0 atom stereocenters. The highest BCUT2D eigenvalue weighted by Crippen LogP contribution is 2.28. The molecule has 1 amide bonds. The van der Waals surface area contributed by atoms with E-state index >= 15 is 0 Å². The van der Waals surface area contributed by atoms with Gasteiger partial charge in [-0.2, -0.15) is 0 Å². The van der Waals surface area contributed by atoms with Crippen molar-refractivity contribution in [2.24, 2.45) is 5.92 Å². The first kappa shape index (κ1) is 11.6. The molecule has 1 aliphatic carbocycles. The molecule has 16 heavy (non-hydrogen) atoms. The third-order valence-corrected chi connectivity index (χ3v) is 3.57. The van der Waals surface area contributed by atoms with Crippen LogP contribution in [-0.2, 0) is 4.79 Å². The summed E-state index contributed by atoms with van der Waals surface area (Å²) in [5, 5.41) is 11.1. The minimum atomic E-state index is 0.386. The van der Waals surface area contributed by atoms with Crippen molar-refractivity contribution in [3.63, 3.8) is 0 Å². The lowest BCUT2D eigenvalue weighted by Crippen LogP contribution is -2.36. The number of amides is 1. The second kappa shape index (κ2) is 4.99. The van der Waals surface area contributed by atoms with E-state index in [1.54, 1.807) is 4.90 Å². The fourth-order valence-corrected chi connectivity index (χ4v) is 2.23. The molecule has 1 heterocycles. The Balaban J connectivity index is 2.02. The molecule has 1 aliphatic heterocycles. The van der Waals surface area contributed by atoms with Gasteiger partial charge in [-0.1, -0.05) is 0 Å². The van der Waals surface area contributed by atoms with E-state index in [0.717, 1.165) is 43.1 Å². The van der Waals surface area contributed by atoms with Crippen molar-refractivity contribution in [3.05, 3.63) is 11.3 Å². The predicted octanol–water partition coefficient (Wildman–Crippen LogP) is 1.47. The van der Waals surface area contributed by atoms with Crippen LogP contribution >= 0.6 is 15.9 Å². The molecule has 1 saturated carbocycles. The number of rotatable bonds is 5. The number of nitrogens with one attached hydrogen (secondary N) is 2. The molecule has 1 fully saturated rings. The quantitative estimate of drug-likeness (QED) is 0.594. The molecule has 0 spiro atoms. The molecule has 2 aliphatic rings. The van der Waals surface area contributed by atoms with Crippen LogP contribution in [0.5, 0.6) is 0 Å². The largest absolute Gasteiger partial charge is 0.388 e. The molecule has 4 nitrogen and oxygen atoms in total. The smallest absolute Gasteiger partial charge is 0.210 e. The summed E-state index contributed by atoms with van der Waals surface area (Å²) in [5.74, 6) is 0.822. The predicted molar refractivity (Wildman–Crippen MR) is 66.7 cm³/mol. The lowest BCUT2D eigenvalue weighted by molar-refractivity contribution is -0.117. The van der Waals surface area contributed by atoms with Gasteiger partial charge in [-0.25, -0.2) is 0 Å². The van der Waals surface area contributed by atoms with Crippen LogP contribution in [0.4, 0.5) is 0 Å². The Labute approximate surface area is 104 Å². The Morgan fingerprint density at radius 3 is 2.94 bits per heavy atom. The van der Waals surface area contributed by atoms with Crippen molar-refractivity contribution in [3.8, 4) is 0 Å². The van der Waals surface area contributed by atoms with E-state index < -0.39 is 0 Å². The summed E-state index contributed by atoms with van der Waals surface area (Å²) < 4.78 is 0.386. The Morgan fingerprint density at radius 1 is 1.62 bits per heavy atom. The zero-order chi connectivity index (χ0) is 11.5. The van der Waals surface area contributed by atoms with E-state index in [1.165, 1.54) is 12.8 Å². The molecule has 0 unspecified atom stereocenters. The van der Waals surface area contributed by atoms with Crippen LogP contribution in [0.15, 0.2) is 11.3 Å². The first-order valence-corrected chi connectivity index (χ1v) is 6.39. The fraction of sp³-hybridized carbons (Fsp3) is 0.636. The Bertz CT molecular complexity index is 336. The van der Waals surface area contributed by atoms with Crippen molar-refractivity contribution < 1.29 is 4.79 Å². The molecule has 0 radical (unpaired) electrons. The zero-order valence-electron chi connectivity index (χ0n) is 9.13. The van der Waals surface area contributed by atoms with Gasteiger partial charge < -0.3 is 10.2 Å². The van der Waals surface area contributed by atoms with Crippen LogP contribution in [0.2, 0.25) is 0 Å². The summed E-state index contributed by atoms with van der Waals surface area (Å²) in [6.45, 7) is 2.31. The number of carbonyl (C=O) groups excluding carboxylic acids is 1. The van der Waals surface area contributed by atoms with E-state index in [4.69, 9.17) is 5.41 Å². The molecule has 2 N–H and O–H groups in total. The van der Waals surface area contributed by atoms with Crippen LogP contribution in [0, 0.1) is 11.3 Å². The van der Waals surface area contributed by atoms with Crippen molar-refractivity contribution in [1.82, 2.24) is 10.2 Å². The number of hydrogen-bond donors (Lipinski definition) is 2. The number of halogens is 1. The molecular formula is C11H16BrN3O. The van der Waals surface area contributed by atoms with Gasteiger partial charge in [0.15, 0.2) is 0 Å².